The van der Waals surface area contributed by atoms with Crippen LogP contribution in [0.2, 0.25) is 0 Å². The molecule has 0 spiro atoms. The van der Waals surface area contributed by atoms with Crippen molar-refractivity contribution in [1.29, 1.82) is 0 Å². The van der Waals surface area contributed by atoms with E-state index in [-0.39, 0.29) is 0 Å². The van der Waals surface area contributed by atoms with E-state index in [2.05, 4.69) is 32.0 Å². The van der Waals surface area contributed by atoms with Crippen LogP contribution in [0.4, 0.5) is 0 Å². The lowest BCUT2D eigenvalue weighted by Gasteiger charge is -2.32. The number of benzene rings is 1. The molecule has 0 radical (unpaired) electrons. The highest BCUT2D eigenvalue weighted by atomic mass is 32.1. The predicted molar refractivity (Wildman–Crippen MR) is 136 cm³/mol. The molecule has 5 rings (SSSR count). The zero-order valence-corrected chi connectivity index (χ0v) is 19.9. The first-order valence-electron chi connectivity index (χ1n) is 11.8. The molecule has 0 saturated carbocycles. The lowest BCUT2D eigenvalue weighted by molar-refractivity contribution is 0.182. The Morgan fingerprint density at radius 1 is 1.15 bits per heavy atom. The molecule has 0 atom stereocenters. The summed E-state index contributed by atoms with van der Waals surface area (Å²) in [5, 5.41) is 8.83. The third-order valence-corrected chi connectivity index (χ3v) is 7.07. The van der Waals surface area contributed by atoms with E-state index in [0.29, 0.717) is 24.0 Å². The number of pyridine rings is 1. The van der Waals surface area contributed by atoms with Crippen molar-refractivity contribution < 1.29 is 9.15 Å². The summed E-state index contributed by atoms with van der Waals surface area (Å²) in [6.45, 7) is 4.75. The molecule has 7 heteroatoms. The highest BCUT2D eigenvalue weighted by Crippen LogP contribution is 2.28. The minimum absolute atomic E-state index is 0.400. The van der Waals surface area contributed by atoms with Gasteiger partial charge in [0.2, 0.25) is 0 Å². The molecule has 0 amide bonds. The van der Waals surface area contributed by atoms with Crippen LogP contribution in [0.25, 0.3) is 22.1 Å². The van der Waals surface area contributed by atoms with E-state index in [9.17, 15) is 4.79 Å². The van der Waals surface area contributed by atoms with E-state index >= 15 is 0 Å². The van der Waals surface area contributed by atoms with Gasteiger partial charge in [0.1, 0.15) is 11.3 Å². The Kier molecular flexibility index (Phi) is 7.34. The Morgan fingerprint density at radius 2 is 2.06 bits per heavy atom. The number of hydrogen-bond acceptors (Lipinski definition) is 7. The molecule has 4 heterocycles. The van der Waals surface area contributed by atoms with E-state index in [1.165, 1.54) is 24.5 Å². The van der Waals surface area contributed by atoms with Crippen LogP contribution in [0.3, 0.4) is 0 Å². The zero-order chi connectivity index (χ0) is 23.2. The summed E-state index contributed by atoms with van der Waals surface area (Å²) in [5.74, 6) is 0.584. The van der Waals surface area contributed by atoms with Crippen LogP contribution in [0.15, 0.2) is 74.8 Å². The van der Waals surface area contributed by atoms with Gasteiger partial charge in [-0.1, -0.05) is 12.1 Å². The first-order valence-corrected chi connectivity index (χ1v) is 12.8. The molecular formula is C27H29N3O3S. The molecule has 0 unspecified atom stereocenters. The molecule has 4 aromatic rings. The van der Waals surface area contributed by atoms with Crippen LogP contribution < -0.4 is 15.7 Å². The van der Waals surface area contributed by atoms with Gasteiger partial charge in [0, 0.05) is 37.1 Å². The zero-order valence-electron chi connectivity index (χ0n) is 19.1. The lowest BCUT2D eigenvalue weighted by atomic mass is 10.0. The largest absolute Gasteiger partial charge is 0.492 e. The smallest absolute Gasteiger partial charge is 0.339 e. The quantitative estimate of drug-likeness (QED) is 0.273. The minimum Gasteiger partial charge on any atom is -0.492 e. The van der Waals surface area contributed by atoms with Gasteiger partial charge in [-0.05, 0) is 78.5 Å². The fourth-order valence-corrected chi connectivity index (χ4v) is 5.12. The van der Waals surface area contributed by atoms with Crippen LogP contribution in [0, 0.1) is 0 Å². The predicted octanol–water partition coefficient (Wildman–Crippen LogP) is 4.94. The summed E-state index contributed by atoms with van der Waals surface area (Å²) in [6.07, 6.45) is 6.80. The summed E-state index contributed by atoms with van der Waals surface area (Å²) in [6, 6.07) is 13.9. The SMILES string of the molecule is O=c1cc(OCCCN2CCC(NCc3ccsc3)CC2)c2ccc(-c3cccnc3)cc2o1. The molecule has 3 aromatic heterocycles. The first kappa shape index (κ1) is 22.8. The summed E-state index contributed by atoms with van der Waals surface area (Å²) >= 11 is 1.75. The molecule has 1 fully saturated rings. The number of nitrogens with zero attached hydrogens (tertiary/aromatic N) is 2. The fraction of sp³-hybridized carbons (Fsp3) is 0.333. The van der Waals surface area contributed by atoms with E-state index in [0.717, 1.165) is 49.1 Å². The topological polar surface area (TPSA) is 67.6 Å². The second-order valence-corrected chi connectivity index (χ2v) is 9.49. The molecule has 0 bridgehead atoms. The van der Waals surface area contributed by atoms with Crippen molar-refractivity contribution in [2.45, 2.75) is 31.8 Å². The molecule has 1 aliphatic rings. The first-order chi connectivity index (χ1) is 16.7. The summed E-state index contributed by atoms with van der Waals surface area (Å²) in [7, 11) is 0. The number of hydrogen-bond donors (Lipinski definition) is 1. The number of likely N-dealkylation sites (tertiary alicyclic amines) is 1. The summed E-state index contributed by atoms with van der Waals surface area (Å²) in [4.78, 5) is 18.8. The van der Waals surface area contributed by atoms with Crippen LogP contribution in [-0.4, -0.2) is 42.2 Å². The number of nitrogens with one attached hydrogen (secondary N) is 1. The van der Waals surface area contributed by atoms with Gasteiger partial charge in [-0.2, -0.15) is 11.3 Å². The van der Waals surface area contributed by atoms with Crippen LogP contribution in [-0.2, 0) is 6.54 Å². The van der Waals surface area contributed by atoms with Gasteiger partial charge >= 0.3 is 5.63 Å². The minimum atomic E-state index is -0.400. The van der Waals surface area contributed by atoms with Crippen molar-refractivity contribution in [3.63, 3.8) is 0 Å². The highest BCUT2D eigenvalue weighted by molar-refractivity contribution is 7.07. The molecule has 6 nitrogen and oxygen atoms in total. The summed E-state index contributed by atoms with van der Waals surface area (Å²) < 4.78 is 11.5. The van der Waals surface area contributed by atoms with Gasteiger partial charge in [0.05, 0.1) is 18.1 Å². The molecule has 1 aromatic carbocycles. The van der Waals surface area contributed by atoms with Crippen molar-refractivity contribution in [3.05, 3.63) is 81.6 Å². The molecule has 34 heavy (non-hydrogen) atoms. The van der Waals surface area contributed by atoms with Gasteiger partial charge in [0.15, 0.2) is 0 Å². The van der Waals surface area contributed by atoms with Crippen LogP contribution in [0.5, 0.6) is 5.75 Å². The van der Waals surface area contributed by atoms with Crippen molar-refractivity contribution in [3.8, 4) is 16.9 Å². The lowest BCUT2D eigenvalue weighted by Crippen LogP contribution is -2.42. The number of fused-ring (bicyclic) bond motifs is 1. The Morgan fingerprint density at radius 3 is 2.85 bits per heavy atom. The average molecular weight is 476 g/mol. The van der Waals surface area contributed by atoms with E-state index in [4.69, 9.17) is 9.15 Å². The number of rotatable bonds is 9. The Balaban J connectivity index is 1.11. The monoisotopic (exact) mass is 475 g/mol. The van der Waals surface area contributed by atoms with Crippen molar-refractivity contribution >= 4 is 22.3 Å². The van der Waals surface area contributed by atoms with Crippen LogP contribution in [0.1, 0.15) is 24.8 Å². The molecule has 176 valence electrons. The maximum absolute atomic E-state index is 12.1. The standard InChI is InChI=1S/C27H29N3O3S/c31-27-16-25(24-5-4-21(15-26(24)33-27)22-3-1-9-28-18-22)32-13-2-10-30-11-6-23(7-12-30)29-17-20-8-14-34-19-20/h1,3-5,8-9,14-16,18-19,23,29H,2,6-7,10-13,17H2. The number of piperidine rings is 1. The normalized spacial score (nSPS) is 15.1. The van der Waals surface area contributed by atoms with Crippen molar-refractivity contribution in [2.75, 3.05) is 26.2 Å². The van der Waals surface area contributed by atoms with Gasteiger partial charge in [-0.25, -0.2) is 4.79 Å². The highest BCUT2D eigenvalue weighted by Gasteiger charge is 2.18. The average Bonchev–Trinajstić information content (AvgIpc) is 3.40. The van der Waals surface area contributed by atoms with E-state index < -0.39 is 5.63 Å². The van der Waals surface area contributed by atoms with Gasteiger partial charge in [-0.15, -0.1) is 0 Å². The molecule has 1 aliphatic heterocycles. The number of aromatic nitrogens is 1. The van der Waals surface area contributed by atoms with E-state index in [1.54, 1.807) is 23.7 Å². The van der Waals surface area contributed by atoms with Crippen molar-refractivity contribution in [1.82, 2.24) is 15.2 Å². The fourth-order valence-electron chi connectivity index (χ4n) is 4.45. The Labute approximate surface area is 203 Å². The molecule has 1 saturated heterocycles. The maximum atomic E-state index is 12.1. The maximum Gasteiger partial charge on any atom is 0.339 e. The Hall–Kier alpha value is -3.00. The van der Waals surface area contributed by atoms with Crippen LogP contribution >= 0.6 is 11.3 Å². The van der Waals surface area contributed by atoms with Gasteiger partial charge in [-0.3, -0.25) is 4.98 Å². The number of ether oxygens (including phenoxy) is 1. The van der Waals surface area contributed by atoms with Gasteiger partial charge in [0.25, 0.3) is 0 Å². The van der Waals surface area contributed by atoms with Crippen molar-refractivity contribution in [2.24, 2.45) is 0 Å². The Bertz CT molecular complexity index is 1250. The third-order valence-electron chi connectivity index (χ3n) is 6.34. The summed E-state index contributed by atoms with van der Waals surface area (Å²) in [5.41, 5.74) is 3.43. The molecule has 0 aliphatic carbocycles. The second kappa shape index (κ2) is 11.0. The number of thiophene rings is 1. The molecular weight excluding hydrogens is 446 g/mol. The van der Waals surface area contributed by atoms with Gasteiger partial charge < -0.3 is 19.4 Å². The third kappa shape index (κ3) is 5.73. The second-order valence-electron chi connectivity index (χ2n) is 8.71. The molecule has 1 N–H and O–H groups in total. The van der Waals surface area contributed by atoms with E-state index in [1.807, 2.05) is 30.3 Å².